The number of aryl methyl sites for hydroxylation is 2. The third-order valence-corrected chi connectivity index (χ3v) is 3.35. The minimum Gasteiger partial charge on any atom is -0.369 e. The highest BCUT2D eigenvalue weighted by Crippen LogP contribution is 2.22. The van der Waals surface area contributed by atoms with E-state index in [0.29, 0.717) is 12.5 Å². The van der Waals surface area contributed by atoms with Crippen LogP contribution in [-0.4, -0.2) is 24.3 Å². The Hall–Kier alpha value is -2.37. The summed E-state index contributed by atoms with van der Waals surface area (Å²) < 4.78 is 3.82. The summed E-state index contributed by atoms with van der Waals surface area (Å²) in [5, 5.41) is 4.54. The summed E-state index contributed by atoms with van der Waals surface area (Å²) in [5.41, 5.74) is 9.89. The Kier molecular flexibility index (Phi) is 3.14. The number of fused-ring (bicyclic) bond motifs is 1. The molecule has 2 N–H and O–H groups in total. The van der Waals surface area contributed by atoms with Crippen LogP contribution >= 0.6 is 0 Å². The van der Waals surface area contributed by atoms with Gasteiger partial charge in [-0.1, -0.05) is 19.4 Å². The molecule has 104 valence electrons. The Bertz CT molecular complexity index is 725. The maximum Gasteiger partial charge on any atom is 0.202 e. The van der Waals surface area contributed by atoms with Crippen molar-refractivity contribution in [2.45, 2.75) is 26.3 Å². The van der Waals surface area contributed by atoms with Crippen molar-refractivity contribution in [2.75, 3.05) is 5.73 Å². The highest BCUT2D eigenvalue weighted by atomic mass is 15.3. The molecule has 0 saturated heterocycles. The van der Waals surface area contributed by atoms with Crippen molar-refractivity contribution >= 4 is 17.1 Å². The van der Waals surface area contributed by atoms with Gasteiger partial charge in [0.05, 0.1) is 17.9 Å². The monoisotopic (exact) mass is 270 g/mol. The number of nitrogens with zero attached hydrogens (tertiary/aromatic N) is 5. The molecule has 0 aliphatic rings. The van der Waals surface area contributed by atoms with E-state index in [-0.39, 0.29) is 0 Å². The first-order valence-corrected chi connectivity index (χ1v) is 6.78. The van der Waals surface area contributed by atoms with Gasteiger partial charge in [0.1, 0.15) is 5.52 Å². The Morgan fingerprint density at radius 1 is 1.30 bits per heavy atom. The van der Waals surface area contributed by atoms with Crippen molar-refractivity contribution in [1.29, 1.82) is 0 Å². The topological polar surface area (TPSA) is 74.6 Å². The van der Waals surface area contributed by atoms with Gasteiger partial charge in [0.15, 0.2) is 5.65 Å². The highest BCUT2D eigenvalue weighted by molar-refractivity contribution is 5.77. The van der Waals surface area contributed by atoms with Crippen LogP contribution in [0.4, 0.5) is 5.95 Å². The second-order valence-corrected chi connectivity index (χ2v) is 4.87. The van der Waals surface area contributed by atoms with Gasteiger partial charge < -0.3 is 5.73 Å². The molecule has 3 aromatic heterocycles. The molecule has 6 nitrogen and oxygen atoms in total. The lowest BCUT2D eigenvalue weighted by Crippen LogP contribution is -2.08. The molecule has 6 heteroatoms. The van der Waals surface area contributed by atoms with E-state index in [1.54, 1.807) is 6.20 Å². The molecule has 3 rings (SSSR count). The number of hydrogen-bond acceptors (Lipinski definition) is 4. The van der Waals surface area contributed by atoms with E-state index >= 15 is 0 Å². The molecule has 3 aromatic rings. The lowest BCUT2D eigenvalue weighted by atomic mass is 10.2. The van der Waals surface area contributed by atoms with Gasteiger partial charge in [-0.2, -0.15) is 5.10 Å². The molecule has 0 saturated carbocycles. The van der Waals surface area contributed by atoms with Gasteiger partial charge in [-0.15, -0.1) is 0 Å². The zero-order valence-corrected chi connectivity index (χ0v) is 11.7. The Morgan fingerprint density at radius 2 is 2.15 bits per heavy atom. The molecule has 0 aromatic carbocycles. The second-order valence-electron chi connectivity index (χ2n) is 4.87. The zero-order valence-electron chi connectivity index (χ0n) is 11.7. The standard InChI is InChI=1S/C14H18N6/c1-3-6-11-12-13(19(2)18-11)20(14(15)17-12)9-10-7-4-5-8-16-10/h4-5,7-8H,3,6,9H2,1-2H3,(H2,15,17). The first kappa shape index (κ1) is 12.7. The number of imidazole rings is 1. The van der Waals surface area contributed by atoms with Crippen LogP contribution in [0.2, 0.25) is 0 Å². The van der Waals surface area contributed by atoms with E-state index in [1.165, 1.54) is 0 Å². The van der Waals surface area contributed by atoms with Gasteiger partial charge in [-0.25, -0.2) is 4.98 Å². The molecule has 0 fully saturated rings. The van der Waals surface area contributed by atoms with Crippen molar-refractivity contribution in [3.63, 3.8) is 0 Å². The first-order chi connectivity index (χ1) is 9.70. The second kappa shape index (κ2) is 4.96. The molecule has 0 radical (unpaired) electrons. The average Bonchev–Trinajstić information content (AvgIpc) is 2.91. The lowest BCUT2D eigenvalue weighted by Gasteiger charge is -2.06. The van der Waals surface area contributed by atoms with Gasteiger partial charge in [-0.05, 0) is 18.6 Å². The molecule has 0 aliphatic heterocycles. The van der Waals surface area contributed by atoms with E-state index in [4.69, 9.17) is 5.73 Å². The lowest BCUT2D eigenvalue weighted by molar-refractivity contribution is 0.706. The number of nitrogens with two attached hydrogens (primary N) is 1. The number of pyridine rings is 1. The SMILES string of the molecule is CCCc1nn(C)c2c1nc(N)n2Cc1ccccn1. The molecule has 0 atom stereocenters. The summed E-state index contributed by atoms with van der Waals surface area (Å²) in [7, 11) is 1.93. The van der Waals surface area contributed by atoms with Crippen molar-refractivity contribution < 1.29 is 0 Å². The number of aromatic nitrogens is 5. The van der Waals surface area contributed by atoms with Crippen molar-refractivity contribution in [2.24, 2.45) is 7.05 Å². The maximum absolute atomic E-state index is 6.06. The fourth-order valence-corrected chi connectivity index (χ4v) is 2.47. The van der Waals surface area contributed by atoms with Gasteiger partial charge in [-0.3, -0.25) is 14.2 Å². The molecule has 0 amide bonds. The van der Waals surface area contributed by atoms with Crippen LogP contribution < -0.4 is 5.73 Å². The third kappa shape index (κ3) is 2.03. The largest absolute Gasteiger partial charge is 0.369 e. The fraction of sp³-hybridized carbons (Fsp3) is 0.357. The molecule has 0 spiro atoms. The predicted octanol–water partition coefficient (Wildman–Crippen LogP) is 1.75. The predicted molar refractivity (Wildman–Crippen MR) is 78.2 cm³/mol. The van der Waals surface area contributed by atoms with Crippen molar-refractivity contribution in [3.05, 3.63) is 35.8 Å². The van der Waals surface area contributed by atoms with E-state index in [0.717, 1.165) is 35.4 Å². The number of hydrogen-bond donors (Lipinski definition) is 1. The maximum atomic E-state index is 6.06. The minimum absolute atomic E-state index is 0.510. The van der Waals surface area contributed by atoms with Gasteiger partial charge >= 0.3 is 0 Å². The van der Waals surface area contributed by atoms with Crippen LogP contribution in [0.15, 0.2) is 24.4 Å². The van der Waals surface area contributed by atoms with Crippen molar-refractivity contribution in [3.8, 4) is 0 Å². The minimum atomic E-state index is 0.510. The Labute approximate surface area is 117 Å². The molecule has 0 unspecified atom stereocenters. The third-order valence-electron chi connectivity index (χ3n) is 3.35. The van der Waals surface area contributed by atoms with Crippen LogP contribution in [0.3, 0.4) is 0 Å². The van der Waals surface area contributed by atoms with E-state index in [9.17, 15) is 0 Å². The summed E-state index contributed by atoms with van der Waals surface area (Å²) in [4.78, 5) is 8.82. The smallest absolute Gasteiger partial charge is 0.202 e. The molecular formula is C14H18N6. The molecule has 0 bridgehead atoms. The average molecular weight is 270 g/mol. The molecule has 3 heterocycles. The van der Waals surface area contributed by atoms with E-state index < -0.39 is 0 Å². The van der Waals surface area contributed by atoms with Crippen LogP contribution in [-0.2, 0) is 20.0 Å². The van der Waals surface area contributed by atoms with Crippen LogP contribution in [0.5, 0.6) is 0 Å². The molecular weight excluding hydrogens is 252 g/mol. The van der Waals surface area contributed by atoms with Crippen LogP contribution in [0, 0.1) is 0 Å². The van der Waals surface area contributed by atoms with Crippen LogP contribution in [0.1, 0.15) is 24.7 Å². The Balaban J connectivity index is 2.09. The number of rotatable bonds is 4. The summed E-state index contributed by atoms with van der Waals surface area (Å²) in [5.74, 6) is 0.510. The van der Waals surface area contributed by atoms with Gasteiger partial charge in [0, 0.05) is 13.2 Å². The number of nitrogen functional groups attached to an aromatic ring is 1. The quantitative estimate of drug-likeness (QED) is 0.783. The highest BCUT2D eigenvalue weighted by Gasteiger charge is 2.17. The summed E-state index contributed by atoms with van der Waals surface area (Å²) in [6.07, 6.45) is 3.74. The molecule has 0 aliphatic carbocycles. The number of anilines is 1. The van der Waals surface area contributed by atoms with E-state index in [2.05, 4.69) is 22.0 Å². The summed E-state index contributed by atoms with van der Waals surface area (Å²) in [6, 6.07) is 5.85. The normalized spacial score (nSPS) is 11.3. The van der Waals surface area contributed by atoms with Gasteiger partial charge in [0.25, 0.3) is 0 Å². The van der Waals surface area contributed by atoms with Crippen LogP contribution in [0.25, 0.3) is 11.2 Å². The zero-order chi connectivity index (χ0) is 14.1. The first-order valence-electron chi connectivity index (χ1n) is 6.78. The van der Waals surface area contributed by atoms with Crippen molar-refractivity contribution in [1.82, 2.24) is 24.3 Å². The fourth-order valence-electron chi connectivity index (χ4n) is 2.47. The van der Waals surface area contributed by atoms with E-state index in [1.807, 2.05) is 34.5 Å². The Morgan fingerprint density at radius 3 is 2.85 bits per heavy atom. The summed E-state index contributed by atoms with van der Waals surface area (Å²) >= 11 is 0. The molecule has 20 heavy (non-hydrogen) atoms. The van der Waals surface area contributed by atoms with Gasteiger partial charge in [0.2, 0.25) is 5.95 Å². The summed E-state index contributed by atoms with van der Waals surface area (Å²) in [6.45, 7) is 2.74.